The lowest BCUT2D eigenvalue weighted by molar-refractivity contribution is -0.137. The standard InChI is InChI=1S/C23H22F3N3O4S/c24-23(25,26)18-7-4-8-19(15-18)29-21(30)16-20(22(29)31)27-10-12-28(13-11-27)34(32,33)14-9-17-5-2-1-3-6-17/h1-9,14-15,20H,10-13,16H2/b14-9+/t20-/m1/s1. The van der Waals surface area contributed by atoms with Gasteiger partial charge in [0.1, 0.15) is 0 Å². The molecule has 0 spiro atoms. The lowest BCUT2D eigenvalue weighted by atomic mass is 10.1. The molecule has 7 nitrogen and oxygen atoms in total. The molecule has 0 saturated carbocycles. The molecule has 11 heteroatoms. The van der Waals surface area contributed by atoms with Crippen molar-refractivity contribution in [1.29, 1.82) is 0 Å². The second-order valence-corrected chi connectivity index (χ2v) is 9.85. The van der Waals surface area contributed by atoms with Crippen LogP contribution >= 0.6 is 0 Å². The zero-order chi connectivity index (χ0) is 24.5. The number of benzene rings is 2. The molecule has 34 heavy (non-hydrogen) atoms. The molecular formula is C23H22F3N3O4S. The largest absolute Gasteiger partial charge is 0.416 e. The maximum Gasteiger partial charge on any atom is 0.416 e. The van der Waals surface area contributed by atoms with Crippen LogP contribution in [-0.4, -0.2) is 61.7 Å². The Hall–Kier alpha value is -3.02. The molecule has 0 aromatic heterocycles. The highest BCUT2D eigenvalue weighted by molar-refractivity contribution is 7.92. The van der Waals surface area contributed by atoms with Crippen molar-refractivity contribution in [3.63, 3.8) is 0 Å². The van der Waals surface area contributed by atoms with Gasteiger partial charge in [-0.2, -0.15) is 17.5 Å². The second kappa shape index (κ2) is 9.32. The number of alkyl halides is 3. The monoisotopic (exact) mass is 493 g/mol. The van der Waals surface area contributed by atoms with Crippen LogP contribution in [-0.2, 0) is 25.8 Å². The summed E-state index contributed by atoms with van der Waals surface area (Å²) in [5, 5.41) is 1.14. The van der Waals surface area contributed by atoms with Gasteiger partial charge in [-0.1, -0.05) is 36.4 Å². The van der Waals surface area contributed by atoms with Crippen molar-refractivity contribution in [2.75, 3.05) is 31.1 Å². The van der Waals surface area contributed by atoms with Crippen LogP contribution in [0.25, 0.3) is 6.08 Å². The Morgan fingerprint density at radius 1 is 0.912 bits per heavy atom. The van der Waals surface area contributed by atoms with Crippen molar-refractivity contribution >= 4 is 33.6 Å². The van der Waals surface area contributed by atoms with Crippen molar-refractivity contribution in [3.05, 3.63) is 71.1 Å². The number of nitrogens with zero attached hydrogens (tertiary/aromatic N) is 3. The normalized spacial score (nSPS) is 21.0. The van der Waals surface area contributed by atoms with E-state index in [1.165, 1.54) is 16.4 Å². The van der Waals surface area contributed by atoms with E-state index in [4.69, 9.17) is 0 Å². The van der Waals surface area contributed by atoms with Crippen LogP contribution in [0.5, 0.6) is 0 Å². The number of hydrogen-bond donors (Lipinski definition) is 0. The van der Waals surface area contributed by atoms with Gasteiger partial charge in [0.25, 0.3) is 5.91 Å². The predicted molar refractivity (Wildman–Crippen MR) is 120 cm³/mol. The summed E-state index contributed by atoms with van der Waals surface area (Å²) in [6.45, 7) is 0.697. The first kappa shape index (κ1) is 24.1. The molecular weight excluding hydrogens is 471 g/mol. The van der Waals surface area contributed by atoms with Crippen LogP contribution in [0.2, 0.25) is 0 Å². The van der Waals surface area contributed by atoms with Gasteiger partial charge in [-0.05, 0) is 29.8 Å². The summed E-state index contributed by atoms with van der Waals surface area (Å²) >= 11 is 0. The van der Waals surface area contributed by atoms with E-state index in [-0.39, 0.29) is 38.3 Å². The second-order valence-electron chi connectivity index (χ2n) is 8.03. The molecule has 0 unspecified atom stereocenters. The Labute approximate surface area is 195 Å². The van der Waals surface area contributed by atoms with Gasteiger partial charge < -0.3 is 0 Å². The number of imide groups is 1. The first-order valence-corrected chi connectivity index (χ1v) is 12.1. The fourth-order valence-electron chi connectivity index (χ4n) is 4.08. The summed E-state index contributed by atoms with van der Waals surface area (Å²) in [7, 11) is -3.67. The van der Waals surface area contributed by atoms with Gasteiger partial charge in [-0.15, -0.1) is 0 Å². The zero-order valence-corrected chi connectivity index (χ0v) is 18.8. The zero-order valence-electron chi connectivity index (χ0n) is 18.0. The van der Waals surface area contributed by atoms with Crippen LogP contribution in [0.3, 0.4) is 0 Å². The lowest BCUT2D eigenvalue weighted by Crippen LogP contribution is -2.53. The fourth-order valence-corrected chi connectivity index (χ4v) is 5.25. The average Bonchev–Trinajstić information content (AvgIpc) is 3.12. The Kier molecular flexibility index (Phi) is 6.61. The highest BCUT2D eigenvalue weighted by Gasteiger charge is 2.44. The quantitative estimate of drug-likeness (QED) is 0.599. The van der Waals surface area contributed by atoms with Crippen molar-refractivity contribution in [3.8, 4) is 0 Å². The maximum atomic E-state index is 13.0. The number of anilines is 1. The number of carbonyl (C=O) groups excluding carboxylic acids is 2. The van der Waals surface area contributed by atoms with Gasteiger partial charge >= 0.3 is 6.18 Å². The summed E-state index contributed by atoms with van der Waals surface area (Å²) in [6, 6.07) is 12.2. The van der Waals surface area contributed by atoms with E-state index in [0.29, 0.717) is 0 Å². The molecule has 4 rings (SSSR count). The number of sulfonamides is 1. The third-order valence-corrected chi connectivity index (χ3v) is 7.43. The van der Waals surface area contributed by atoms with E-state index in [9.17, 15) is 31.2 Å². The van der Waals surface area contributed by atoms with E-state index in [1.54, 1.807) is 29.2 Å². The molecule has 180 valence electrons. The molecule has 2 aromatic carbocycles. The SMILES string of the molecule is O=C1C[C@@H](N2CCN(S(=O)(=O)/C=C/c3ccccc3)CC2)C(=O)N1c1cccc(C(F)(F)F)c1. The number of piperazine rings is 1. The summed E-state index contributed by atoms with van der Waals surface area (Å²) in [6.07, 6.45) is -3.26. The number of rotatable bonds is 5. The summed E-state index contributed by atoms with van der Waals surface area (Å²) in [5.41, 5.74) is -0.328. The van der Waals surface area contributed by atoms with E-state index in [1.807, 2.05) is 6.07 Å². The molecule has 0 aliphatic carbocycles. The molecule has 2 heterocycles. The molecule has 2 aromatic rings. The van der Waals surface area contributed by atoms with Crippen molar-refractivity contribution < 1.29 is 31.2 Å². The van der Waals surface area contributed by atoms with E-state index in [2.05, 4.69) is 0 Å². The molecule has 2 aliphatic heterocycles. The first-order chi connectivity index (χ1) is 16.1. The Bertz CT molecular complexity index is 1210. The molecule has 0 bridgehead atoms. The smallest absolute Gasteiger partial charge is 0.289 e. The van der Waals surface area contributed by atoms with Gasteiger partial charge in [0.15, 0.2) is 0 Å². The van der Waals surface area contributed by atoms with Gasteiger partial charge in [0.05, 0.1) is 23.7 Å². The van der Waals surface area contributed by atoms with Crippen molar-refractivity contribution in [2.24, 2.45) is 0 Å². The third-order valence-electron chi connectivity index (χ3n) is 5.86. The van der Waals surface area contributed by atoms with Crippen LogP contribution in [0.15, 0.2) is 60.0 Å². The van der Waals surface area contributed by atoms with Gasteiger partial charge in [-0.3, -0.25) is 14.5 Å². The summed E-state index contributed by atoms with van der Waals surface area (Å²) in [4.78, 5) is 28.0. The van der Waals surface area contributed by atoms with Gasteiger partial charge in [0, 0.05) is 31.6 Å². The molecule has 1 atom stereocenters. The van der Waals surface area contributed by atoms with Crippen molar-refractivity contribution in [1.82, 2.24) is 9.21 Å². The topological polar surface area (TPSA) is 78.0 Å². The molecule has 2 amide bonds. The van der Waals surface area contributed by atoms with E-state index in [0.717, 1.165) is 34.1 Å². The minimum absolute atomic E-state index is 0.125. The molecule has 2 saturated heterocycles. The van der Waals surface area contributed by atoms with Crippen LogP contribution < -0.4 is 4.90 Å². The minimum atomic E-state index is -4.60. The molecule has 2 aliphatic rings. The van der Waals surface area contributed by atoms with Crippen LogP contribution in [0, 0.1) is 0 Å². The minimum Gasteiger partial charge on any atom is -0.289 e. The first-order valence-electron chi connectivity index (χ1n) is 10.6. The summed E-state index contributed by atoms with van der Waals surface area (Å²) in [5.74, 6) is -1.19. The molecule has 2 fully saturated rings. The third kappa shape index (κ3) is 5.06. The highest BCUT2D eigenvalue weighted by Crippen LogP contribution is 2.33. The average molecular weight is 494 g/mol. The number of halogens is 3. The number of amides is 2. The van der Waals surface area contributed by atoms with Gasteiger partial charge in [-0.25, -0.2) is 13.3 Å². The van der Waals surface area contributed by atoms with E-state index >= 15 is 0 Å². The Morgan fingerprint density at radius 2 is 1.59 bits per heavy atom. The maximum absolute atomic E-state index is 13.0. The number of hydrogen-bond acceptors (Lipinski definition) is 5. The number of carbonyl (C=O) groups is 2. The van der Waals surface area contributed by atoms with Gasteiger partial charge in [0.2, 0.25) is 15.9 Å². The van der Waals surface area contributed by atoms with E-state index < -0.39 is 39.6 Å². The summed E-state index contributed by atoms with van der Waals surface area (Å²) < 4.78 is 65.7. The van der Waals surface area contributed by atoms with Crippen LogP contribution in [0.1, 0.15) is 17.5 Å². The molecule has 0 N–H and O–H groups in total. The lowest BCUT2D eigenvalue weighted by Gasteiger charge is -2.35. The Balaban J connectivity index is 1.42. The fraction of sp³-hybridized carbons (Fsp3) is 0.304. The van der Waals surface area contributed by atoms with Crippen LogP contribution in [0.4, 0.5) is 18.9 Å². The highest BCUT2D eigenvalue weighted by atomic mass is 32.2. The predicted octanol–water partition coefficient (Wildman–Crippen LogP) is 2.96. The Morgan fingerprint density at radius 3 is 2.24 bits per heavy atom. The molecule has 0 radical (unpaired) electrons. The van der Waals surface area contributed by atoms with Crippen molar-refractivity contribution in [2.45, 2.75) is 18.6 Å².